The highest BCUT2D eigenvalue weighted by Crippen LogP contribution is 2.22. The number of hydrogen-bond acceptors (Lipinski definition) is 3. The molecule has 0 saturated carbocycles. The smallest absolute Gasteiger partial charge is 0.335 e. The number of carboxylic acid groups (broad SMARTS) is 1. The Kier molecular flexibility index (Phi) is 5.82. The molecule has 6 heteroatoms. The molecule has 1 N–H and O–H groups in total. The highest BCUT2D eigenvalue weighted by molar-refractivity contribution is 6.30. The van der Waals surface area contributed by atoms with Crippen LogP contribution in [0.25, 0.3) is 0 Å². The minimum atomic E-state index is -0.920. The molecule has 0 aromatic heterocycles. The maximum absolute atomic E-state index is 12.9. The van der Waals surface area contributed by atoms with Crippen LogP contribution in [-0.2, 0) is 6.54 Å². The second kappa shape index (κ2) is 8.11. The van der Waals surface area contributed by atoms with E-state index in [9.17, 15) is 9.59 Å². The van der Waals surface area contributed by atoms with Gasteiger partial charge in [0.2, 0.25) is 0 Å². The van der Waals surface area contributed by atoms with E-state index in [-0.39, 0.29) is 23.6 Å². The Morgan fingerprint density at radius 3 is 2.22 bits per heavy atom. The molecule has 1 amide bonds. The molecule has 2 aromatic carbocycles. The van der Waals surface area contributed by atoms with Gasteiger partial charge in [-0.2, -0.15) is 0 Å². The monoisotopic (exact) mass is 386 g/mol. The van der Waals surface area contributed by atoms with Crippen molar-refractivity contribution in [1.29, 1.82) is 0 Å². The standard InChI is InChI=1S/C21H23ClN2O3/c1-14-11-23(13-16-6-8-17(9-7-16)21(26)27)12-15(2)24(14)20(25)18-4-3-5-19(22)10-18/h3-10,14-15H,11-13H2,1-2H3,(H,26,27)/t14-,15+. The molecule has 2 atom stereocenters. The highest BCUT2D eigenvalue weighted by atomic mass is 35.5. The molecule has 0 unspecified atom stereocenters. The number of nitrogens with zero attached hydrogens (tertiary/aromatic N) is 2. The second-order valence-electron chi connectivity index (χ2n) is 7.12. The zero-order valence-corrected chi connectivity index (χ0v) is 16.2. The van der Waals surface area contributed by atoms with Gasteiger partial charge in [0.05, 0.1) is 5.56 Å². The van der Waals surface area contributed by atoms with E-state index in [0.29, 0.717) is 10.6 Å². The van der Waals surface area contributed by atoms with Gasteiger partial charge in [-0.3, -0.25) is 9.69 Å². The van der Waals surface area contributed by atoms with E-state index < -0.39 is 5.97 Å². The third-order valence-corrected chi connectivity index (χ3v) is 5.14. The molecule has 0 bridgehead atoms. The molecular formula is C21H23ClN2O3. The van der Waals surface area contributed by atoms with Crippen LogP contribution < -0.4 is 0 Å². The molecule has 1 fully saturated rings. The molecule has 1 aliphatic rings. The van der Waals surface area contributed by atoms with Crippen molar-refractivity contribution in [2.75, 3.05) is 13.1 Å². The van der Waals surface area contributed by atoms with Crippen molar-refractivity contribution in [3.8, 4) is 0 Å². The van der Waals surface area contributed by atoms with Crippen LogP contribution in [0.1, 0.15) is 40.1 Å². The van der Waals surface area contributed by atoms with Gasteiger partial charge in [0.1, 0.15) is 0 Å². The summed E-state index contributed by atoms with van der Waals surface area (Å²) in [5, 5.41) is 9.56. The predicted octanol–water partition coefficient (Wildman–Crippen LogP) is 3.77. The second-order valence-corrected chi connectivity index (χ2v) is 7.55. The summed E-state index contributed by atoms with van der Waals surface area (Å²) in [5.74, 6) is -0.917. The zero-order chi connectivity index (χ0) is 19.6. The van der Waals surface area contributed by atoms with Crippen LogP contribution >= 0.6 is 11.6 Å². The number of carboxylic acids is 1. The minimum absolute atomic E-state index is 0.00274. The fraction of sp³-hybridized carbons (Fsp3) is 0.333. The summed E-state index contributed by atoms with van der Waals surface area (Å²) < 4.78 is 0. The van der Waals surface area contributed by atoms with Crippen LogP contribution in [0, 0.1) is 0 Å². The molecule has 1 saturated heterocycles. The van der Waals surface area contributed by atoms with E-state index in [1.165, 1.54) is 0 Å². The fourth-order valence-corrected chi connectivity index (χ4v) is 3.93. The molecule has 2 aromatic rings. The highest BCUT2D eigenvalue weighted by Gasteiger charge is 2.33. The first-order chi connectivity index (χ1) is 12.8. The van der Waals surface area contributed by atoms with E-state index in [2.05, 4.69) is 18.7 Å². The number of hydrogen-bond donors (Lipinski definition) is 1. The summed E-state index contributed by atoms with van der Waals surface area (Å²) in [4.78, 5) is 28.1. The molecule has 0 radical (unpaired) electrons. The Morgan fingerprint density at radius 1 is 1.04 bits per heavy atom. The molecule has 1 heterocycles. The molecule has 3 rings (SSSR count). The lowest BCUT2D eigenvalue weighted by Crippen LogP contribution is -2.58. The lowest BCUT2D eigenvalue weighted by Gasteiger charge is -2.44. The predicted molar refractivity (Wildman–Crippen MR) is 105 cm³/mol. The number of amides is 1. The molecular weight excluding hydrogens is 364 g/mol. The van der Waals surface area contributed by atoms with Crippen molar-refractivity contribution in [1.82, 2.24) is 9.80 Å². The van der Waals surface area contributed by atoms with Gasteiger partial charge in [0.25, 0.3) is 5.91 Å². The Morgan fingerprint density at radius 2 is 1.67 bits per heavy atom. The van der Waals surface area contributed by atoms with Crippen molar-refractivity contribution >= 4 is 23.5 Å². The lowest BCUT2D eigenvalue weighted by molar-refractivity contribution is 0.0268. The van der Waals surface area contributed by atoms with Crippen molar-refractivity contribution in [2.45, 2.75) is 32.5 Å². The minimum Gasteiger partial charge on any atom is -0.478 e. The third-order valence-electron chi connectivity index (χ3n) is 4.91. The first-order valence-corrected chi connectivity index (χ1v) is 9.35. The normalized spacial score (nSPS) is 20.5. The van der Waals surface area contributed by atoms with Gasteiger partial charge in [-0.05, 0) is 49.7 Å². The molecule has 5 nitrogen and oxygen atoms in total. The quantitative estimate of drug-likeness (QED) is 0.868. The zero-order valence-electron chi connectivity index (χ0n) is 15.4. The van der Waals surface area contributed by atoms with Crippen LogP contribution in [0.4, 0.5) is 0 Å². The van der Waals surface area contributed by atoms with E-state index in [1.807, 2.05) is 17.0 Å². The van der Waals surface area contributed by atoms with Crippen LogP contribution in [0.3, 0.4) is 0 Å². The third kappa shape index (κ3) is 4.49. The van der Waals surface area contributed by atoms with Gasteiger partial charge >= 0.3 is 5.97 Å². The lowest BCUT2D eigenvalue weighted by atomic mass is 10.0. The molecule has 1 aliphatic heterocycles. The average molecular weight is 387 g/mol. The number of piperazine rings is 1. The average Bonchev–Trinajstić information content (AvgIpc) is 2.61. The maximum atomic E-state index is 12.9. The Labute approximate surface area is 164 Å². The Balaban J connectivity index is 1.67. The van der Waals surface area contributed by atoms with Crippen LogP contribution in [0.2, 0.25) is 5.02 Å². The van der Waals surface area contributed by atoms with Crippen LogP contribution in [0.15, 0.2) is 48.5 Å². The van der Waals surface area contributed by atoms with Crippen molar-refractivity contribution < 1.29 is 14.7 Å². The summed E-state index contributed by atoms with van der Waals surface area (Å²) >= 11 is 6.03. The Hall–Kier alpha value is -2.37. The summed E-state index contributed by atoms with van der Waals surface area (Å²) in [6.07, 6.45) is 0. The van der Waals surface area contributed by atoms with E-state index >= 15 is 0 Å². The van der Waals surface area contributed by atoms with Crippen LogP contribution in [0.5, 0.6) is 0 Å². The fourth-order valence-electron chi connectivity index (χ4n) is 3.74. The molecule has 0 spiro atoms. The summed E-state index contributed by atoms with van der Waals surface area (Å²) in [7, 11) is 0. The summed E-state index contributed by atoms with van der Waals surface area (Å²) in [6.45, 7) is 6.36. The number of benzene rings is 2. The van der Waals surface area contributed by atoms with Gasteiger partial charge in [0.15, 0.2) is 0 Å². The number of rotatable bonds is 4. The maximum Gasteiger partial charge on any atom is 0.335 e. The van der Waals surface area contributed by atoms with E-state index in [0.717, 1.165) is 25.2 Å². The van der Waals surface area contributed by atoms with Gasteiger partial charge < -0.3 is 10.0 Å². The number of halogens is 1. The van der Waals surface area contributed by atoms with Gasteiger partial charge in [-0.15, -0.1) is 0 Å². The first kappa shape index (κ1) is 19.4. The van der Waals surface area contributed by atoms with Crippen molar-refractivity contribution in [3.05, 3.63) is 70.2 Å². The topological polar surface area (TPSA) is 60.9 Å². The van der Waals surface area contributed by atoms with Crippen molar-refractivity contribution in [2.24, 2.45) is 0 Å². The Bertz CT molecular complexity index is 826. The summed E-state index contributed by atoms with van der Waals surface area (Å²) in [6, 6.07) is 14.2. The van der Waals surface area contributed by atoms with Crippen molar-refractivity contribution in [3.63, 3.8) is 0 Å². The summed E-state index contributed by atoms with van der Waals surface area (Å²) in [5.41, 5.74) is 1.96. The molecule has 0 aliphatic carbocycles. The largest absolute Gasteiger partial charge is 0.478 e. The number of carbonyl (C=O) groups is 2. The van der Waals surface area contributed by atoms with E-state index in [4.69, 9.17) is 16.7 Å². The van der Waals surface area contributed by atoms with Gasteiger partial charge in [-0.25, -0.2) is 4.79 Å². The molecule has 142 valence electrons. The van der Waals surface area contributed by atoms with Gasteiger partial charge in [0, 0.05) is 42.3 Å². The van der Waals surface area contributed by atoms with E-state index in [1.54, 1.807) is 36.4 Å². The van der Waals surface area contributed by atoms with Gasteiger partial charge in [-0.1, -0.05) is 29.8 Å². The van der Waals surface area contributed by atoms with Crippen LogP contribution in [-0.4, -0.2) is 52.0 Å². The number of aromatic carboxylic acids is 1. The number of carbonyl (C=O) groups excluding carboxylic acids is 1. The SMILES string of the molecule is C[C@@H]1CN(Cc2ccc(C(=O)O)cc2)C[C@H](C)N1C(=O)c1cccc(Cl)c1. The first-order valence-electron chi connectivity index (χ1n) is 8.98. The molecule has 27 heavy (non-hydrogen) atoms.